The molecule has 0 saturated heterocycles. The summed E-state index contributed by atoms with van der Waals surface area (Å²) in [4.78, 5) is 21.3. The first kappa shape index (κ1) is 12.2. The van der Waals surface area contributed by atoms with Crippen molar-refractivity contribution in [3.63, 3.8) is 0 Å². The van der Waals surface area contributed by atoms with Gasteiger partial charge < -0.3 is 9.53 Å². The third kappa shape index (κ3) is 4.09. The van der Waals surface area contributed by atoms with Crippen LogP contribution in [0.4, 0.5) is 0 Å². The summed E-state index contributed by atoms with van der Waals surface area (Å²) in [6.45, 7) is 2.14. The van der Waals surface area contributed by atoms with Crippen LogP contribution < -0.4 is 0 Å². The lowest BCUT2D eigenvalue weighted by Gasteiger charge is -1.97. The van der Waals surface area contributed by atoms with Crippen molar-refractivity contribution in [3.05, 3.63) is 41.5 Å². The Morgan fingerprint density at radius 1 is 1.31 bits per heavy atom. The van der Waals surface area contributed by atoms with Crippen molar-refractivity contribution < 1.29 is 14.3 Å². The van der Waals surface area contributed by atoms with E-state index in [0.717, 1.165) is 17.4 Å². The monoisotopic (exact) mass is 218 g/mol. The number of benzene rings is 1. The highest BCUT2D eigenvalue weighted by Gasteiger charge is 1.94. The van der Waals surface area contributed by atoms with Crippen LogP contribution in [-0.2, 0) is 20.7 Å². The van der Waals surface area contributed by atoms with Gasteiger partial charge in [-0.3, -0.25) is 0 Å². The van der Waals surface area contributed by atoms with Gasteiger partial charge in [0.1, 0.15) is 6.29 Å². The summed E-state index contributed by atoms with van der Waals surface area (Å²) in [5, 5.41) is 0. The largest absolute Gasteiger partial charge is 0.463 e. The fourth-order valence-corrected chi connectivity index (χ4v) is 1.22. The van der Waals surface area contributed by atoms with Gasteiger partial charge in [0.2, 0.25) is 0 Å². The number of hydrogen-bond donors (Lipinski definition) is 0. The fraction of sp³-hybridized carbons (Fsp3) is 0.231. The molecule has 1 aromatic carbocycles. The minimum Gasteiger partial charge on any atom is -0.463 e. The van der Waals surface area contributed by atoms with Gasteiger partial charge >= 0.3 is 5.97 Å². The zero-order valence-corrected chi connectivity index (χ0v) is 9.18. The van der Waals surface area contributed by atoms with Gasteiger partial charge in [0.05, 0.1) is 6.61 Å². The second kappa shape index (κ2) is 6.56. The molecular weight excluding hydrogens is 204 g/mol. The Balaban J connectivity index is 2.61. The average molecular weight is 218 g/mol. The second-order valence-electron chi connectivity index (χ2n) is 3.20. The zero-order valence-electron chi connectivity index (χ0n) is 9.18. The summed E-state index contributed by atoms with van der Waals surface area (Å²) in [6.07, 6.45) is 4.35. The van der Waals surface area contributed by atoms with Crippen LogP contribution in [0.5, 0.6) is 0 Å². The van der Waals surface area contributed by atoms with Gasteiger partial charge in [-0.25, -0.2) is 4.79 Å². The predicted molar refractivity (Wildman–Crippen MR) is 61.9 cm³/mol. The van der Waals surface area contributed by atoms with Gasteiger partial charge in [0, 0.05) is 12.5 Å². The smallest absolute Gasteiger partial charge is 0.330 e. The normalized spacial score (nSPS) is 10.3. The van der Waals surface area contributed by atoms with Crippen molar-refractivity contribution in [2.75, 3.05) is 6.61 Å². The second-order valence-corrected chi connectivity index (χ2v) is 3.20. The Labute approximate surface area is 94.7 Å². The van der Waals surface area contributed by atoms with E-state index < -0.39 is 0 Å². The van der Waals surface area contributed by atoms with Crippen molar-refractivity contribution >= 4 is 18.3 Å². The lowest BCUT2D eigenvalue weighted by Crippen LogP contribution is -1.98. The maximum absolute atomic E-state index is 11.0. The molecule has 3 heteroatoms. The van der Waals surface area contributed by atoms with Gasteiger partial charge in [0.25, 0.3) is 0 Å². The highest BCUT2D eigenvalue weighted by atomic mass is 16.5. The predicted octanol–water partition coefficient (Wildman–Crippen LogP) is 2.00. The first-order valence-electron chi connectivity index (χ1n) is 5.13. The molecule has 0 saturated carbocycles. The molecule has 0 atom stereocenters. The van der Waals surface area contributed by atoms with Crippen LogP contribution in [0.3, 0.4) is 0 Å². The van der Waals surface area contributed by atoms with Crippen molar-refractivity contribution in [1.82, 2.24) is 0 Å². The van der Waals surface area contributed by atoms with E-state index in [1.165, 1.54) is 6.08 Å². The Morgan fingerprint density at radius 2 is 2.00 bits per heavy atom. The fourth-order valence-electron chi connectivity index (χ4n) is 1.22. The highest BCUT2D eigenvalue weighted by Crippen LogP contribution is 2.06. The molecule has 0 amide bonds. The van der Waals surface area contributed by atoms with Crippen molar-refractivity contribution in [2.24, 2.45) is 0 Å². The summed E-state index contributed by atoms with van der Waals surface area (Å²) in [7, 11) is 0. The van der Waals surface area contributed by atoms with Crippen LogP contribution in [0.25, 0.3) is 6.08 Å². The first-order valence-corrected chi connectivity index (χ1v) is 5.13. The Kier molecular flexibility index (Phi) is 4.99. The Morgan fingerprint density at radius 3 is 2.56 bits per heavy atom. The molecule has 0 radical (unpaired) electrons. The molecule has 0 fully saturated rings. The quantitative estimate of drug-likeness (QED) is 0.431. The van der Waals surface area contributed by atoms with Gasteiger partial charge in [-0.2, -0.15) is 0 Å². The van der Waals surface area contributed by atoms with Crippen LogP contribution in [-0.4, -0.2) is 18.9 Å². The molecule has 1 aromatic rings. The number of hydrogen-bond acceptors (Lipinski definition) is 3. The topological polar surface area (TPSA) is 43.4 Å². The maximum Gasteiger partial charge on any atom is 0.330 e. The molecule has 0 aliphatic carbocycles. The molecular formula is C13H14O3. The van der Waals surface area contributed by atoms with E-state index in [1.807, 2.05) is 24.3 Å². The van der Waals surface area contributed by atoms with Crippen LogP contribution in [0.2, 0.25) is 0 Å². The lowest BCUT2D eigenvalue weighted by atomic mass is 10.1. The SMILES string of the molecule is CCOC(=O)C=Cc1ccc(CC=O)cc1. The molecule has 0 aliphatic heterocycles. The lowest BCUT2D eigenvalue weighted by molar-refractivity contribution is -0.137. The van der Waals surface area contributed by atoms with E-state index in [1.54, 1.807) is 13.0 Å². The number of aldehydes is 1. The number of ether oxygens (including phenoxy) is 1. The number of carbonyl (C=O) groups is 2. The van der Waals surface area contributed by atoms with Crippen molar-refractivity contribution in [3.8, 4) is 0 Å². The van der Waals surface area contributed by atoms with Crippen molar-refractivity contribution in [2.45, 2.75) is 13.3 Å². The molecule has 3 nitrogen and oxygen atoms in total. The van der Waals surface area contributed by atoms with Crippen LogP contribution >= 0.6 is 0 Å². The molecule has 0 unspecified atom stereocenters. The average Bonchev–Trinajstić information content (AvgIpc) is 2.29. The summed E-state index contributed by atoms with van der Waals surface area (Å²) in [6, 6.07) is 7.43. The van der Waals surface area contributed by atoms with E-state index in [4.69, 9.17) is 4.74 Å². The number of esters is 1. The highest BCUT2D eigenvalue weighted by molar-refractivity contribution is 5.87. The molecule has 1 rings (SSSR count). The van der Waals surface area contributed by atoms with Crippen LogP contribution in [0.15, 0.2) is 30.3 Å². The molecule has 16 heavy (non-hydrogen) atoms. The minimum atomic E-state index is -0.348. The number of rotatable bonds is 5. The van der Waals surface area contributed by atoms with Gasteiger partial charge in [-0.1, -0.05) is 24.3 Å². The third-order valence-electron chi connectivity index (χ3n) is 2.00. The Hall–Kier alpha value is -1.90. The molecule has 84 valence electrons. The van der Waals surface area contributed by atoms with E-state index in [-0.39, 0.29) is 5.97 Å². The molecule has 0 spiro atoms. The summed E-state index contributed by atoms with van der Waals surface area (Å²) < 4.78 is 4.75. The summed E-state index contributed by atoms with van der Waals surface area (Å²) in [5.74, 6) is -0.348. The maximum atomic E-state index is 11.0. The summed E-state index contributed by atoms with van der Waals surface area (Å²) in [5.41, 5.74) is 1.87. The van der Waals surface area contributed by atoms with Crippen LogP contribution in [0, 0.1) is 0 Å². The van der Waals surface area contributed by atoms with Gasteiger partial charge in [-0.05, 0) is 24.1 Å². The molecule has 0 heterocycles. The van der Waals surface area contributed by atoms with Gasteiger partial charge in [0.15, 0.2) is 0 Å². The van der Waals surface area contributed by atoms with Gasteiger partial charge in [-0.15, -0.1) is 0 Å². The molecule has 0 bridgehead atoms. The molecule has 0 aliphatic rings. The standard InChI is InChI=1S/C13H14O3/c1-2-16-13(15)8-7-11-3-5-12(6-4-11)9-10-14/h3-8,10H,2,9H2,1H3. The number of carbonyl (C=O) groups excluding carboxylic acids is 2. The third-order valence-corrected chi connectivity index (χ3v) is 2.00. The zero-order chi connectivity index (χ0) is 11.8. The summed E-state index contributed by atoms with van der Waals surface area (Å²) >= 11 is 0. The Bertz CT molecular complexity index is 377. The minimum absolute atomic E-state index is 0.348. The van der Waals surface area contributed by atoms with E-state index in [2.05, 4.69) is 0 Å². The molecule has 0 aromatic heterocycles. The first-order chi connectivity index (χ1) is 7.76. The molecule has 0 N–H and O–H groups in total. The van der Waals surface area contributed by atoms with E-state index >= 15 is 0 Å². The van der Waals surface area contributed by atoms with Crippen LogP contribution in [0.1, 0.15) is 18.1 Å². The van der Waals surface area contributed by atoms with Crippen molar-refractivity contribution in [1.29, 1.82) is 0 Å². The van der Waals surface area contributed by atoms with E-state index in [9.17, 15) is 9.59 Å². The van der Waals surface area contributed by atoms with E-state index in [0.29, 0.717) is 13.0 Å².